The molecule has 1 aliphatic rings. The number of aromatic nitrogens is 3. The maximum atomic E-state index is 13.0. The zero-order chi connectivity index (χ0) is 18.6. The molecule has 0 aliphatic heterocycles. The first-order valence-electron chi connectivity index (χ1n) is 8.87. The van der Waals surface area contributed by atoms with Crippen LogP contribution in [0.2, 0.25) is 0 Å². The van der Waals surface area contributed by atoms with Gasteiger partial charge in [-0.3, -0.25) is 9.89 Å². The predicted molar refractivity (Wildman–Crippen MR) is 96.8 cm³/mol. The number of halogens is 1. The van der Waals surface area contributed by atoms with Crippen molar-refractivity contribution in [3.8, 4) is 11.6 Å². The second-order valence-corrected chi connectivity index (χ2v) is 6.52. The molecule has 2 aromatic heterocycles. The fourth-order valence-electron chi connectivity index (χ4n) is 3.29. The SMILES string of the molecule is O=C(NCc1ccnc(Oc2ccc(F)cc2)c1)C1CCCc2[nH]ncc21. The molecule has 0 bridgehead atoms. The maximum Gasteiger partial charge on any atom is 0.227 e. The molecule has 0 fully saturated rings. The van der Waals surface area contributed by atoms with E-state index in [4.69, 9.17) is 4.74 Å². The normalized spacial score (nSPS) is 15.8. The summed E-state index contributed by atoms with van der Waals surface area (Å²) in [5.41, 5.74) is 2.92. The summed E-state index contributed by atoms with van der Waals surface area (Å²) in [5, 5.41) is 10.0. The lowest BCUT2D eigenvalue weighted by atomic mass is 9.86. The lowest BCUT2D eigenvalue weighted by molar-refractivity contribution is -0.123. The van der Waals surface area contributed by atoms with Crippen molar-refractivity contribution in [2.75, 3.05) is 0 Å². The molecule has 2 N–H and O–H groups in total. The highest BCUT2D eigenvalue weighted by atomic mass is 19.1. The minimum Gasteiger partial charge on any atom is -0.439 e. The van der Waals surface area contributed by atoms with E-state index in [0.29, 0.717) is 18.2 Å². The molecule has 0 saturated heterocycles. The molecule has 1 aliphatic carbocycles. The van der Waals surface area contributed by atoms with Crippen molar-refractivity contribution >= 4 is 5.91 Å². The van der Waals surface area contributed by atoms with Gasteiger partial charge in [0.05, 0.1) is 12.1 Å². The van der Waals surface area contributed by atoms with Crippen LogP contribution in [-0.4, -0.2) is 21.1 Å². The third kappa shape index (κ3) is 3.97. The lowest BCUT2D eigenvalue weighted by Gasteiger charge is -2.21. The number of carbonyl (C=O) groups excluding carboxylic acids is 1. The first-order valence-corrected chi connectivity index (χ1v) is 8.87. The van der Waals surface area contributed by atoms with Crippen LogP contribution in [0.15, 0.2) is 48.8 Å². The van der Waals surface area contributed by atoms with Gasteiger partial charge in [0.25, 0.3) is 0 Å². The van der Waals surface area contributed by atoms with Gasteiger partial charge in [-0.25, -0.2) is 9.37 Å². The van der Waals surface area contributed by atoms with Gasteiger partial charge in [-0.2, -0.15) is 5.10 Å². The van der Waals surface area contributed by atoms with Crippen LogP contribution in [0.4, 0.5) is 4.39 Å². The van der Waals surface area contributed by atoms with Gasteiger partial charge in [0.2, 0.25) is 11.8 Å². The smallest absolute Gasteiger partial charge is 0.227 e. The molecule has 1 atom stereocenters. The number of ether oxygens (including phenoxy) is 1. The van der Waals surface area contributed by atoms with E-state index in [1.807, 2.05) is 6.07 Å². The Morgan fingerprint density at radius 2 is 2.15 bits per heavy atom. The van der Waals surface area contributed by atoms with E-state index in [1.165, 1.54) is 24.3 Å². The third-order valence-corrected chi connectivity index (χ3v) is 4.67. The highest BCUT2D eigenvalue weighted by molar-refractivity contribution is 5.84. The van der Waals surface area contributed by atoms with Crippen LogP contribution in [0.5, 0.6) is 11.6 Å². The van der Waals surface area contributed by atoms with Crippen molar-refractivity contribution in [3.63, 3.8) is 0 Å². The molecular formula is C20H19FN4O2. The highest BCUT2D eigenvalue weighted by Crippen LogP contribution is 2.30. The molecule has 2 heterocycles. The molecule has 1 aromatic carbocycles. The molecule has 0 saturated carbocycles. The molecular weight excluding hydrogens is 347 g/mol. The molecule has 6 nitrogen and oxygen atoms in total. The Kier molecular flexibility index (Phi) is 4.82. The molecule has 138 valence electrons. The van der Waals surface area contributed by atoms with Gasteiger partial charge >= 0.3 is 0 Å². The number of rotatable bonds is 5. The van der Waals surface area contributed by atoms with E-state index in [9.17, 15) is 9.18 Å². The second-order valence-electron chi connectivity index (χ2n) is 6.52. The first kappa shape index (κ1) is 17.2. The third-order valence-electron chi connectivity index (χ3n) is 4.67. The molecule has 0 radical (unpaired) electrons. The average molecular weight is 366 g/mol. The quantitative estimate of drug-likeness (QED) is 0.725. The van der Waals surface area contributed by atoms with E-state index < -0.39 is 0 Å². The number of H-pyrrole nitrogens is 1. The molecule has 4 rings (SSSR count). The Hall–Kier alpha value is -3.22. The van der Waals surface area contributed by atoms with Crippen molar-refractivity contribution in [1.29, 1.82) is 0 Å². The standard InChI is InChI=1S/C20H19FN4O2/c21-14-4-6-15(7-5-14)27-19-10-13(8-9-22-19)11-23-20(26)16-2-1-3-18-17(16)12-24-25-18/h4-10,12,16H,1-3,11H2,(H,23,26)(H,24,25). The van der Waals surface area contributed by atoms with E-state index >= 15 is 0 Å². The minimum atomic E-state index is -0.324. The number of carbonyl (C=O) groups is 1. The topological polar surface area (TPSA) is 79.9 Å². The van der Waals surface area contributed by atoms with Crippen LogP contribution in [0, 0.1) is 5.82 Å². The summed E-state index contributed by atoms with van der Waals surface area (Å²) in [6.07, 6.45) is 6.11. The summed E-state index contributed by atoms with van der Waals surface area (Å²) in [6.45, 7) is 0.380. The minimum absolute atomic E-state index is 0.00448. The number of nitrogens with zero attached hydrogens (tertiary/aromatic N) is 2. The van der Waals surface area contributed by atoms with Crippen LogP contribution < -0.4 is 10.1 Å². The van der Waals surface area contributed by atoms with Crippen molar-refractivity contribution in [1.82, 2.24) is 20.5 Å². The number of benzene rings is 1. The Labute approximate surface area is 155 Å². The fraction of sp³-hybridized carbons (Fsp3) is 0.250. The van der Waals surface area contributed by atoms with Crippen LogP contribution in [0.3, 0.4) is 0 Å². The van der Waals surface area contributed by atoms with Crippen molar-refractivity contribution in [2.24, 2.45) is 0 Å². The Balaban J connectivity index is 1.39. The van der Waals surface area contributed by atoms with Gasteiger partial charge in [-0.05, 0) is 55.2 Å². The van der Waals surface area contributed by atoms with Crippen LogP contribution in [0.25, 0.3) is 0 Å². The highest BCUT2D eigenvalue weighted by Gasteiger charge is 2.27. The molecule has 7 heteroatoms. The second kappa shape index (κ2) is 7.57. The number of hydrogen-bond acceptors (Lipinski definition) is 4. The van der Waals surface area contributed by atoms with E-state index in [-0.39, 0.29) is 17.6 Å². The van der Waals surface area contributed by atoms with Gasteiger partial charge in [0.1, 0.15) is 11.6 Å². The Morgan fingerprint density at radius 1 is 1.30 bits per heavy atom. The van der Waals surface area contributed by atoms with Gasteiger partial charge in [0.15, 0.2) is 0 Å². The summed E-state index contributed by atoms with van der Waals surface area (Å²) in [6, 6.07) is 9.31. The molecule has 0 spiro atoms. The number of fused-ring (bicyclic) bond motifs is 1. The predicted octanol–water partition coefficient (Wildman–Crippen LogP) is 3.47. The van der Waals surface area contributed by atoms with Gasteiger partial charge < -0.3 is 10.1 Å². The van der Waals surface area contributed by atoms with E-state index in [0.717, 1.165) is 36.1 Å². The average Bonchev–Trinajstić information content (AvgIpc) is 3.17. The number of pyridine rings is 1. The lowest BCUT2D eigenvalue weighted by Crippen LogP contribution is -2.30. The number of hydrogen-bond donors (Lipinski definition) is 2. The van der Waals surface area contributed by atoms with Crippen molar-refractivity contribution in [3.05, 3.63) is 71.4 Å². The number of amides is 1. The summed E-state index contributed by atoms with van der Waals surface area (Å²) in [5.74, 6) is 0.401. The Morgan fingerprint density at radius 3 is 3.00 bits per heavy atom. The number of aryl methyl sites for hydroxylation is 1. The molecule has 27 heavy (non-hydrogen) atoms. The summed E-state index contributed by atoms with van der Waals surface area (Å²) < 4.78 is 18.6. The maximum absolute atomic E-state index is 13.0. The first-order chi connectivity index (χ1) is 13.2. The van der Waals surface area contributed by atoms with Crippen LogP contribution in [0.1, 0.15) is 35.6 Å². The molecule has 1 unspecified atom stereocenters. The van der Waals surface area contributed by atoms with Crippen molar-refractivity contribution in [2.45, 2.75) is 31.7 Å². The van der Waals surface area contributed by atoms with Gasteiger partial charge in [-0.15, -0.1) is 0 Å². The summed E-state index contributed by atoms with van der Waals surface area (Å²) >= 11 is 0. The fourth-order valence-corrected chi connectivity index (χ4v) is 3.29. The number of nitrogens with one attached hydrogen (secondary N) is 2. The molecule has 3 aromatic rings. The van der Waals surface area contributed by atoms with Crippen molar-refractivity contribution < 1.29 is 13.9 Å². The summed E-state index contributed by atoms with van der Waals surface area (Å²) in [7, 11) is 0. The van der Waals surface area contributed by atoms with E-state index in [2.05, 4.69) is 20.5 Å². The van der Waals surface area contributed by atoms with Crippen LogP contribution in [-0.2, 0) is 17.8 Å². The van der Waals surface area contributed by atoms with Crippen LogP contribution >= 0.6 is 0 Å². The largest absolute Gasteiger partial charge is 0.439 e. The monoisotopic (exact) mass is 366 g/mol. The zero-order valence-corrected chi connectivity index (χ0v) is 14.6. The Bertz CT molecular complexity index is 939. The van der Waals surface area contributed by atoms with Gasteiger partial charge in [0, 0.05) is 30.1 Å². The zero-order valence-electron chi connectivity index (χ0n) is 14.6. The van der Waals surface area contributed by atoms with Gasteiger partial charge in [-0.1, -0.05) is 0 Å². The molecule has 1 amide bonds. The summed E-state index contributed by atoms with van der Waals surface area (Å²) in [4.78, 5) is 16.8. The number of aromatic amines is 1. The van der Waals surface area contributed by atoms with E-state index in [1.54, 1.807) is 18.5 Å².